The fourth-order valence-electron chi connectivity index (χ4n) is 2.15. The minimum atomic E-state index is -4.47. The molecule has 124 valence electrons. The van der Waals surface area contributed by atoms with Crippen molar-refractivity contribution in [3.8, 4) is 5.69 Å². The minimum Gasteiger partial charge on any atom is -0.368 e. The van der Waals surface area contributed by atoms with Crippen molar-refractivity contribution in [1.29, 1.82) is 0 Å². The van der Waals surface area contributed by atoms with Crippen LogP contribution >= 0.6 is 0 Å². The number of halogens is 3. The normalized spacial score (nSPS) is 11.5. The highest BCUT2D eigenvalue weighted by Crippen LogP contribution is 2.27. The molecule has 0 amide bonds. The van der Waals surface area contributed by atoms with Gasteiger partial charge in [0, 0.05) is 18.9 Å². The van der Waals surface area contributed by atoms with Gasteiger partial charge in [-0.25, -0.2) is 4.68 Å². The monoisotopic (exact) mass is 333 g/mol. The second-order valence-corrected chi connectivity index (χ2v) is 5.10. The van der Waals surface area contributed by atoms with E-state index in [9.17, 15) is 13.2 Å². The van der Waals surface area contributed by atoms with Gasteiger partial charge in [0.25, 0.3) is 0 Å². The Labute approximate surface area is 136 Å². The summed E-state index contributed by atoms with van der Waals surface area (Å²) in [5, 5.41) is 13.8. The zero-order chi connectivity index (χ0) is 17.0. The quantitative estimate of drug-likeness (QED) is 0.778. The van der Waals surface area contributed by atoms with Gasteiger partial charge >= 0.3 is 6.18 Å². The molecule has 0 saturated heterocycles. The largest absolute Gasteiger partial charge is 0.435 e. The number of rotatable bonds is 5. The highest BCUT2D eigenvalue weighted by molar-refractivity contribution is 5.36. The lowest BCUT2D eigenvalue weighted by atomic mass is 10.1. The predicted molar refractivity (Wildman–Crippen MR) is 82.8 cm³/mol. The number of alkyl halides is 3. The zero-order valence-corrected chi connectivity index (χ0v) is 12.5. The maximum Gasteiger partial charge on any atom is 0.435 e. The van der Waals surface area contributed by atoms with Crippen LogP contribution in [-0.2, 0) is 12.6 Å². The third kappa shape index (κ3) is 3.89. The molecule has 0 fully saturated rings. The van der Waals surface area contributed by atoms with Gasteiger partial charge < -0.3 is 5.32 Å². The SMILES string of the molecule is FC(F)(F)c1ccc(NCCc2ccc(-n3cccn3)cc2)nn1. The van der Waals surface area contributed by atoms with E-state index in [0.717, 1.165) is 17.3 Å². The highest BCUT2D eigenvalue weighted by Gasteiger charge is 2.32. The number of anilines is 1. The van der Waals surface area contributed by atoms with Crippen LogP contribution in [0, 0.1) is 0 Å². The van der Waals surface area contributed by atoms with Crippen molar-refractivity contribution in [2.45, 2.75) is 12.6 Å². The molecule has 8 heteroatoms. The van der Waals surface area contributed by atoms with E-state index in [1.807, 2.05) is 36.5 Å². The molecule has 3 rings (SSSR count). The maximum absolute atomic E-state index is 12.4. The van der Waals surface area contributed by atoms with Crippen molar-refractivity contribution in [2.24, 2.45) is 0 Å². The average Bonchev–Trinajstić information content (AvgIpc) is 3.10. The molecule has 0 unspecified atom stereocenters. The van der Waals surface area contributed by atoms with E-state index in [4.69, 9.17) is 0 Å². The van der Waals surface area contributed by atoms with Crippen LogP contribution in [0.2, 0.25) is 0 Å². The molecule has 1 aromatic carbocycles. The maximum atomic E-state index is 12.4. The summed E-state index contributed by atoms with van der Waals surface area (Å²) < 4.78 is 39.0. The van der Waals surface area contributed by atoms with Crippen molar-refractivity contribution < 1.29 is 13.2 Å². The second-order valence-electron chi connectivity index (χ2n) is 5.10. The van der Waals surface area contributed by atoms with Gasteiger partial charge in [-0.15, -0.1) is 10.2 Å². The van der Waals surface area contributed by atoms with Crippen molar-refractivity contribution in [2.75, 3.05) is 11.9 Å². The molecule has 0 bridgehead atoms. The van der Waals surface area contributed by atoms with Crippen molar-refractivity contribution in [3.63, 3.8) is 0 Å². The van der Waals surface area contributed by atoms with E-state index in [-0.39, 0.29) is 0 Å². The Morgan fingerprint density at radius 2 is 1.79 bits per heavy atom. The van der Waals surface area contributed by atoms with Crippen molar-refractivity contribution in [1.82, 2.24) is 20.0 Å². The molecule has 2 heterocycles. The molecule has 5 nitrogen and oxygen atoms in total. The fraction of sp³-hybridized carbons (Fsp3) is 0.188. The van der Waals surface area contributed by atoms with Crippen LogP contribution in [0.3, 0.4) is 0 Å². The van der Waals surface area contributed by atoms with Crippen LogP contribution in [0.1, 0.15) is 11.3 Å². The first-order valence-electron chi connectivity index (χ1n) is 7.26. The minimum absolute atomic E-state index is 0.316. The summed E-state index contributed by atoms with van der Waals surface area (Å²) in [5.41, 5.74) is 1.06. The van der Waals surface area contributed by atoms with Crippen molar-refractivity contribution in [3.05, 3.63) is 66.1 Å². The van der Waals surface area contributed by atoms with Gasteiger partial charge in [0.15, 0.2) is 5.69 Å². The molecule has 1 N–H and O–H groups in total. The van der Waals surface area contributed by atoms with Crippen molar-refractivity contribution >= 4 is 5.82 Å². The second kappa shape index (κ2) is 6.69. The van der Waals surface area contributed by atoms with E-state index < -0.39 is 11.9 Å². The van der Waals surface area contributed by atoms with E-state index in [0.29, 0.717) is 18.8 Å². The Hall–Kier alpha value is -2.90. The Bertz CT molecular complexity index is 765. The van der Waals surface area contributed by atoms with E-state index >= 15 is 0 Å². The first-order valence-corrected chi connectivity index (χ1v) is 7.26. The summed E-state index contributed by atoms with van der Waals surface area (Å²) >= 11 is 0. The Morgan fingerprint density at radius 1 is 1.00 bits per heavy atom. The first kappa shape index (κ1) is 16.0. The fourth-order valence-corrected chi connectivity index (χ4v) is 2.15. The van der Waals surface area contributed by atoms with Crippen LogP contribution in [0.25, 0.3) is 5.69 Å². The van der Waals surface area contributed by atoms with E-state index in [1.54, 1.807) is 10.9 Å². The summed E-state index contributed by atoms with van der Waals surface area (Å²) in [5.74, 6) is 0.316. The standard InChI is InChI=1S/C16H14F3N5/c17-16(18,19)14-6-7-15(23-22-14)20-10-8-12-2-4-13(5-3-12)24-11-1-9-21-24/h1-7,9,11H,8,10H2,(H,20,23). The van der Waals surface area contributed by atoms with Gasteiger partial charge in [-0.3, -0.25) is 0 Å². The van der Waals surface area contributed by atoms with Crippen LogP contribution in [0.4, 0.5) is 19.0 Å². The van der Waals surface area contributed by atoms with Crippen LogP contribution in [-0.4, -0.2) is 26.5 Å². The Kier molecular flexibility index (Phi) is 4.45. The van der Waals surface area contributed by atoms with Gasteiger partial charge in [-0.1, -0.05) is 12.1 Å². The number of nitrogens with one attached hydrogen (secondary N) is 1. The number of aromatic nitrogens is 4. The molecule has 0 aliphatic heterocycles. The summed E-state index contributed by atoms with van der Waals surface area (Å²) in [4.78, 5) is 0. The topological polar surface area (TPSA) is 55.6 Å². The molecule has 0 atom stereocenters. The third-order valence-electron chi connectivity index (χ3n) is 3.38. The van der Waals surface area contributed by atoms with Gasteiger partial charge in [0.05, 0.1) is 5.69 Å². The number of hydrogen-bond acceptors (Lipinski definition) is 4. The number of nitrogens with zero attached hydrogens (tertiary/aromatic N) is 4. The molecule has 0 aliphatic rings. The zero-order valence-electron chi connectivity index (χ0n) is 12.5. The summed E-state index contributed by atoms with van der Waals surface area (Å²) in [6.07, 6.45) is -0.188. The molecule has 3 aromatic rings. The molecule has 0 saturated carbocycles. The summed E-state index contributed by atoms with van der Waals surface area (Å²) in [7, 11) is 0. The van der Waals surface area contributed by atoms with Gasteiger partial charge in [0.2, 0.25) is 0 Å². The summed E-state index contributed by atoms with van der Waals surface area (Å²) in [6, 6.07) is 11.9. The highest BCUT2D eigenvalue weighted by atomic mass is 19.4. The molecule has 24 heavy (non-hydrogen) atoms. The van der Waals surface area contributed by atoms with E-state index in [1.165, 1.54) is 6.07 Å². The smallest absolute Gasteiger partial charge is 0.368 e. The third-order valence-corrected chi connectivity index (χ3v) is 3.38. The lowest BCUT2D eigenvalue weighted by Crippen LogP contribution is -2.11. The van der Waals surface area contributed by atoms with Crippen LogP contribution < -0.4 is 5.32 Å². The number of hydrogen-bond donors (Lipinski definition) is 1. The molecular formula is C16H14F3N5. The van der Waals surface area contributed by atoms with Gasteiger partial charge in [-0.05, 0) is 42.3 Å². The number of benzene rings is 1. The molecular weight excluding hydrogens is 319 g/mol. The molecule has 0 spiro atoms. The van der Waals surface area contributed by atoms with Crippen LogP contribution in [0.5, 0.6) is 0 Å². The average molecular weight is 333 g/mol. The Balaban J connectivity index is 1.53. The van der Waals surface area contributed by atoms with E-state index in [2.05, 4.69) is 20.6 Å². The Morgan fingerprint density at radius 3 is 2.38 bits per heavy atom. The molecule has 0 aliphatic carbocycles. The van der Waals surface area contributed by atoms with Crippen LogP contribution in [0.15, 0.2) is 54.9 Å². The van der Waals surface area contributed by atoms with Gasteiger partial charge in [0.1, 0.15) is 5.82 Å². The molecule has 2 aromatic heterocycles. The summed E-state index contributed by atoms with van der Waals surface area (Å²) in [6.45, 7) is 0.543. The lowest BCUT2D eigenvalue weighted by molar-refractivity contribution is -0.141. The molecule has 0 radical (unpaired) electrons. The predicted octanol–water partition coefficient (Wildman–Crippen LogP) is 3.34. The van der Waals surface area contributed by atoms with Gasteiger partial charge in [-0.2, -0.15) is 18.3 Å². The first-order chi connectivity index (χ1) is 11.5. The lowest BCUT2D eigenvalue weighted by Gasteiger charge is -2.08.